The number of carbonyl (C=O) groups excluding carboxylic acids is 1. The first-order valence-electron chi connectivity index (χ1n) is 10.2. The van der Waals surface area contributed by atoms with Crippen LogP contribution in [0.25, 0.3) is 0 Å². The van der Waals surface area contributed by atoms with Gasteiger partial charge in [0, 0.05) is 23.5 Å². The Morgan fingerprint density at radius 3 is 2.42 bits per heavy atom. The zero-order valence-corrected chi connectivity index (χ0v) is 19.6. The minimum absolute atomic E-state index is 0.0372. The third-order valence-corrected chi connectivity index (χ3v) is 7.18. The van der Waals surface area contributed by atoms with Gasteiger partial charge in [-0.15, -0.1) is 0 Å². The summed E-state index contributed by atoms with van der Waals surface area (Å²) in [5, 5.41) is 24.8. The Kier molecular flexibility index (Phi) is 6.64. The molecule has 1 saturated heterocycles. The fraction of sp³-hybridized carbons (Fsp3) is 0.500. The van der Waals surface area contributed by atoms with Gasteiger partial charge >= 0.3 is 5.97 Å². The lowest BCUT2D eigenvalue weighted by Crippen LogP contribution is -2.59. The van der Waals surface area contributed by atoms with Crippen LogP contribution in [0.15, 0.2) is 30.5 Å². The van der Waals surface area contributed by atoms with Crippen molar-refractivity contribution >= 4 is 39.9 Å². The Hall–Kier alpha value is -2.16. The number of aromatic nitrogens is 1. The number of aromatic carboxylic acids is 1. The lowest BCUT2D eigenvalue weighted by Gasteiger charge is -2.51. The van der Waals surface area contributed by atoms with Gasteiger partial charge in [-0.3, -0.25) is 4.79 Å². The van der Waals surface area contributed by atoms with Gasteiger partial charge in [0.2, 0.25) is 5.91 Å². The second-order valence-electron chi connectivity index (χ2n) is 8.96. The first kappa shape index (κ1) is 23.5. The van der Waals surface area contributed by atoms with Crippen molar-refractivity contribution in [1.29, 1.82) is 0 Å². The van der Waals surface area contributed by atoms with Crippen LogP contribution >= 0.6 is 22.9 Å². The highest BCUT2D eigenvalue weighted by molar-refractivity contribution is 7.17. The average molecular weight is 466 g/mol. The fourth-order valence-corrected chi connectivity index (χ4v) is 4.87. The van der Waals surface area contributed by atoms with Crippen LogP contribution in [0.5, 0.6) is 0 Å². The molecule has 9 heteroatoms. The van der Waals surface area contributed by atoms with E-state index in [1.54, 1.807) is 17.0 Å². The minimum atomic E-state index is -1.08. The summed E-state index contributed by atoms with van der Waals surface area (Å²) in [6, 6.07) is 6.65. The van der Waals surface area contributed by atoms with Gasteiger partial charge in [0.1, 0.15) is 10.9 Å². The maximum atomic E-state index is 13.4. The van der Waals surface area contributed by atoms with Crippen molar-refractivity contribution < 1.29 is 19.8 Å². The largest absolute Gasteiger partial charge is 0.477 e. The van der Waals surface area contributed by atoms with Crippen LogP contribution in [-0.4, -0.2) is 51.1 Å². The first-order chi connectivity index (χ1) is 14.4. The monoisotopic (exact) mass is 465 g/mol. The first-order valence-corrected chi connectivity index (χ1v) is 11.4. The third-order valence-electron chi connectivity index (χ3n) is 6.01. The van der Waals surface area contributed by atoms with Crippen LogP contribution in [0, 0.1) is 11.3 Å². The summed E-state index contributed by atoms with van der Waals surface area (Å²) in [5.74, 6) is -1.17. The number of nitrogens with zero attached hydrogens (tertiary/aromatic N) is 2. The highest BCUT2D eigenvalue weighted by Crippen LogP contribution is 2.46. The van der Waals surface area contributed by atoms with Gasteiger partial charge in [-0.05, 0) is 30.0 Å². The number of benzene rings is 1. The minimum Gasteiger partial charge on any atom is -0.477 e. The van der Waals surface area contributed by atoms with E-state index in [1.165, 1.54) is 6.20 Å². The lowest BCUT2D eigenvalue weighted by atomic mass is 9.66. The highest BCUT2D eigenvalue weighted by atomic mass is 35.5. The number of hydrogen-bond donors (Lipinski definition) is 3. The van der Waals surface area contributed by atoms with Crippen molar-refractivity contribution in [3.8, 4) is 0 Å². The number of piperidine rings is 1. The Bertz CT molecular complexity index is 960. The van der Waals surface area contributed by atoms with Crippen molar-refractivity contribution in [2.45, 2.75) is 45.8 Å². The number of likely N-dealkylation sites (tertiary alicyclic amines) is 1. The molecule has 0 spiro atoms. The number of carbonyl (C=O) groups is 2. The standard InChI is InChI=1S/C22H28ClN3O4S/c1-13(2)17(25-20-24-11-16(31-20)19(28)29)18(27)26-10-9-22(30,21(3,4)12-26)14-5-7-15(23)8-6-14/h5-8,11,13,17,30H,9-10,12H2,1-4H3,(H,24,25)(H,28,29)/t17-,22+/m1/s1. The van der Waals surface area contributed by atoms with Gasteiger partial charge in [0.15, 0.2) is 5.13 Å². The van der Waals surface area contributed by atoms with Crippen molar-refractivity contribution in [3.63, 3.8) is 0 Å². The van der Waals surface area contributed by atoms with Crippen molar-refractivity contribution in [2.75, 3.05) is 18.4 Å². The van der Waals surface area contributed by atoms with Crippen LogP contribution in [0.2, 0.25) is 5.02 Å². The van der Waals surface area contributed by atoms with Crippen molar-refractivity contribution in [3.05, 3.63) is 45.9 Å². The van der Waals surface area contributed by atoms with Crippen LogP contribution < -0.4 is 5.32 Å². The summed E-state index contributed by atoms with van der Waals surface area (Å²) in [5.41, 5.74) is -0.883. The van der Waals surface area contributed by atoms with E-state index in [-0.39, 0.29) is 16.7 Å². The summed E-state index contributed by atoms with van der Waals surface area (Å²) < 4.78 is 0. The molecule has 2 heterocycles. The molecule has 1 aliphatic rings. The molecule has 2 atom stereocenters. The van der Waals surface area contributed by atoms with E-state index in [4.69, 9.17) is 16.7 Å². The highest BCUT2D eigenvalue weighted by Gasteiger charge is 2.50. The summed E-state index contributed by atoms with van der Waals surface area (Å²) in [6.07, 6.45) is 1.69. The molecule has 0 radical (unpaired) electrons. The Morgan fingerprint density at radius 1 is 1.26 bits per heavy atom. The van der Waals surface area contributed by atoms with E-state index in [1.807, 2.05) is 39.8 Å². The van der Waals surface area contributed by atoms with Crippen molar-refractivity contribution in [2.24, 2.45) is 11.3 Å². The van der Waals surface area contributed by atoms with E-state index in [9.17, 15) is 14.7 Å². The number of carboxylic acids is 1. The zero-order chi connectivity index (χ0) is 23.0. The van der Waals surface area contributed by atoms with Crippen LogP contribution in [0.1, 0.15) is 49.4 Å². The van der Waals surface area contributed by atoms with Crippen LogP contribution in [0.4, 0.5) is 5.13 Å². The molecule has 168 valence electrons. The van der Waals surface area contributed by atoms with Gasteiger partial charge in [-0.2, -0.15) is 0 Å². The molecule has 1 amide bonds. The smallest absolute Gasteiger partial charge is 0.347 e. The number of halogens is 1. The second-order valence-corrected chi connectivity index (χ2v) is 10.4. The SMILES string of the molecule is CC(C)[C@@H](Nc1ncc(C(=O)O)s1)C(=O)N1CC[C@](O)(c2ccc(Cl)cc2)C(C)(C)C1. The number of anilines is 1. The van der Waals surface area contributed by atoms with Gasteiger partial charge in [-0.1, -0.05) is 62.8 Å². The summed E-state index contributed by atoms with van der Waals surface area (Å²) in [4.78, 5) is 30.5. The molecule has 1 aliphatic heterocycles. The maximum absolute atomic E-state index is 13.4. The second kappa shape index (κ2) is 8.76. The quantitative estimate of drug-likeness (QED) is 0.594. The number of aliphatic hydroxyl groups is 1. The van der Waals surface area contributed by atoms with Crippen LogP contribution in [-0.2, 0) is 10.4 Å². The zero-order valence-electron chi connectivity index (χ0n) is 18.1. The molecule has 0 unspecified atom stereocenters. The van der Waals surface area contributed by atoms with Gasteiger partial charge < -0.3 is 20.4 Å². The Morgan fingerprint density at radius 2 is 1.90 bits per heavy atom. The van der Waals surface area contributed by atoms with Gasteiger partial charge in [0.25, 0.3) is 0 Å². The molecule has 0 saturated carbocycles. The molecule has 2 aromatic rings. The fourth-order valence-electron chi connectivity index (χ4n) is 4.05. The molecule has 31 heavy (non-hydrogen) atoms. The molecule has 3 N–H and O–H groups in total. The van der Waals surface area contributed by atoms with E-state index in [2.05, 4.69) is 10.3 Å². The third kappa shape index (κ3) is 4.71. The van der Waals surface area contributed by atoms with Crippen molar-refractivity contribution in [1.82, 2.24) is 9.88 Å². The molecule has 1 aromatic carbocycles. The van der Waals surface area contributed by atoms with E-state index < -0.39 is 23.0 Å². The van der Waals surface area contributed by atoms with Crippen LogP contribution in [0.3, 0.4) is 0 Å². The Balaban J connectivity index is 1.78. The number of thiazole rings is 1. The summed E-state index contributed by atoms with van der Waals surface area (Å²) >= 11 is 7.01. The summed E-state index contributed by atoms with van der Waals surface area (Å²) in [6.45, 7) is 8.57. The molecule has 3 rings (SSSR count). The molecule has 1 aromatic heterocycles. The maximum Gasteiger partial charge on any atom is 0.347 e. The normalized spacial score (nSPS) is 21.7. The molecule has 0 bridgehead atoms. The number of rotatable bonds is 6. The van der Waals surface area contributed by atoms with E-state index >= 15 is 0 Å². The number of carboxylic acid groups (broad SMARTS) is 1. The predicted octanol–water partition coefficient (Wildman–Crippen LogP) is 4.08. The van der Waals surface area contributed by atoms with Gasteiger partial charge in [0.05, 0.1) is 11.8 Å². The average Bonchev–Trinajstić information content (AvgIpc) is 3.17. The molecule has 7 nitrogen and oxygen atoms in total. The van der Waals surface area contributed by atoms with E-state index in [0.29, 0.717) is 29.7 Å². The molecule has 1 fully saturated rings. The lowest BCUT2D eigenvalue weighted by molar-refractivity contribution is -0.154. The van der Waals surface area contributed by atoms with Gasteiger partial charge in [-0.25, -0.2) is 9.78 Å². The predicted molar refractivity (Wildman–Crippen MR) is 122 cm³/mol. The summed E-state index contributed by atoms with van der Waals surface area (Å²) in [7, 11) is 0. The molecular weight excluding hydrogens is 438 g/mol. The molecular formula is C22H28ClN3O4S. The number of hydrogen-bond acceptors (Lipinski definition) is 6. The number of amides is 1. The molecule has 0 aliphatic carbocycles. The topological polar surface area (TPSA) is 103 Å². The van der Waals surface area contributed by atoms with E-state index in [0.717, 1.165) is 16.9 Å². The number of nitrogens with one attached hydrogen (secondary N) is 1. The Labute approximate surface area is 191 Å².